The molecule has 0 spiro atoms. The second kappa shape index (κ2) is 5.79. The third-order valence-electron chi connectivity index (χ3n) is 2.67. The van der Waals surface area contributed by atoms with Gasteiger partial charge < -0.3 is 14.8 Å². The molecule has 0 bridgehead atoms. The molecule has 0 saturated carbocycles. The quantitative estimate of drug-likeness (QED) is 0.894. The molecule has 0 fully saturated rings. The van der Waals surface area contributed by atoms with Crippen LogP contribution in [0.3, 0.4) is 0 Å². The molecule has 1 aromatic heterocycles. The Morgan fingerprint density at radius 1 is 1.17 bits per heavy atom. The molecule has 1 N–H and O–H groups in total. The molecular weight excluding hydrogens is 250 g/mol. The van der Waals surface area contributed by atoms with E-state index < -0.39 is 0 Å². The molecule has 1 unspecified atom stereocenters. The number of hydrogen-bond acceptors (Lipinski definition) is 6. The number of benzene rings is 1. The second-order valence-electron chi connectivity index (χ2n) is 3.70. The zero-order valence-electron chi connectivity index (χ0n) is 10.5. The standard InChI is InChI=1S/C12H15N3O2S/c1-13-12(11-7-14-18-15-11)8-4-9(16-2)6-10(5-8)17-3/h4-7,12-13H,1-3H3. The minimum absolute atomic E-state index is 0.0206. The van der Waals surface area contributed by atoms with E-state index in [4.69, 9.17) is 9.47 Å². The molecule has 0 radical (unpaired) electrons. The third kappa shape index (κ3) is 2.60. The number of ether oxygens (including phenoxy) is 2. The lowest BCUT2D eigenvalue weighted by Gasteiger charge is -2.16. The Morgan fingerprint density at radius 3 is 2.28 bits per heavy atom. The van der Waals surface area contributed by atoms with Gasteiger partial charge in [0.25, 0.3) is 0 Å². The van der Waals surface area contributed by atoms with Gasteiger partial charge in [0.2, 0.25) is 0 Å². The van der Waals surface area contributed by atoms with Crippen molar-refractivity contribution in [1.29, 1.82) is 0 Å². The van der Waals surface area contributed by atoms with E-state index in [1.165, 1.54) is 11.7 Å². The van der Waals surface area contributed by atoms with Crippen LogP contribution in [0, 0.1) is 0 Å². The summed E-state index contributed by atoms with van der Waals surface area (Å²) in [5.41, 5.74) is 1.92. The number of nitrogens with zero attached hydrogens (tertiary/aromatic N) is 2. The number of hydrogen-bond donors (Lipinski definition) is 1. The molecule has 5 nitrogen and oxygen atoms in total. The van der Waals surface area contributed by atoms with E-state index in [9.17, 15) is 0 Å². The van der Waals surface area contributed by atoms with Gasteiger partial charge in [-0.2, -0.15) is 8.75 Å². The Balaban J connectivity index is 2.41. The van der Waals surface area contributed by atoms with Gasteiger partial charge in [0.05, 0.1) is 43.9 Å². The summed E-state index contributed by atoms with van der Waals surface area (Å²) in [6.45, 7) is 0. The summed E-state index contributed by atoms with van der Waals surface area (Å²) in [4.78, 5) is 0. The summed E-state index contributed by atoms with van der Waals surface area (Å²) in [7, 11) is 5.16. The lowest BCUT2D eigenvalue weighted by molar-refractivity contribution is 0.392. The SMILES string of the molecule is CNC(c1cc(OC)cc(OC)c1)c1cnsn1. The Morgan fingerprint density at radius 2 is 1.83 bits per heavy atom. The lowest BCUT2D eigenvalue weighted by atomic mass is 10.0. The van der Waals surface area contributed by atoms with Crippen LogP contribution in [-0.2, 0) is 0 Å². The molecule has 2 rings (SSSR count). The first kappa shape index (κ1) is 12.8. The first-order valence-corrected chi connectivity index (χ1v) is 6.19. The van der Waals surface area contributed by atoms with Gasteiger partial charge in [-0.25, -0.2) is 0 Å². The van der Waals surface area contributed by atoms with E-state index in [1.54, 1.807) is 20.4 Å². The first-order chi connectivity index (χ1) is 8.78. The second-order valence-corrected chi connectivity index (χ2v) is 4.26. The number of methoxy groups -OCH3 is 2. The number of nitrogens with one attached hydrogen (secondary N) is 1. The fourth-order valence-corrected chi connectivity index (χ4v) is 2.23. The third-order valence-corrected chi connectivity index (χ3v) is 3.16. The Kier molecular flexibility index (Phi) is 4.11. The fraction of sp³-hybridized carbons (Fsp3) is 0.333. The summed E-state index contributed by atoms with van der Waals surface area (Å²) in [5, 5.41) is 3.22. The van der Waals surface area contributed by atoms with Crippen molar-refractivity contribution in [1.82, 2.24) is 14.1 Å². The van der Waals surface area contributed by atoms with Crippen LogP contribution in [-0.4, -0.2) is 30.0 Å². The van der Waals surface area contributed by atoms with Crippen molar-refractivity contribution in [3.63, 3.8) is 0 Å². The largest absolute Gasteiger partial charge is 0.497 e. The summed E-state index contributed by atoms with van der Waals surface area (Å²) in [6, 6.07) is 5.74. The molecule has 1 atom stereocenters. The van der Waals surface area contributed by atoms with E-state index in [0.717, 1.165) is 22.8 Å². The smallest absolute Gasteiger partial charge is 0.122 e. The van der Waals surface area contributed by atoms with Crippen LogP contribution in [0.5, 0.6) is 11.5 Å². The van der Waals surface area contributed by atoms with Gasteiger partial charge in [0, 0.05) is 6.07 Å². The van der Waals surface area contributed by atoms with Crippen LogP contribution in [0.1, 0.15) is 17.3 Å². The van der Waals surface area contributed by atoms with Crippen LogP contribution in [0.4, 0.5) is 0 Å². The average Bonchev–Trinajstić information content (AvgIpc) is 2.93. The summed E-state index contributed by atoms with van der Waals surface area (Å²) >= 11 is 1.20. The maximum absolute atomic E-state index is 5.27. The van der Waals surface area contributed by atoms with Crippen molar-refractivity contribution in [2.45, 2.75) is 6.04 Å². The van der Waals surface area contributed by atoms with Crippen LogP contribution in [0.25, 0.3) is 0 Å². The topological polar surface area (TPSA) is 56.3 Å². The van der Waals surface area contributed by atoms with Gasteiger partial charge in [0.15, 0.2) is 0 Å². The molecule has 1 aromatic carbocycles. The van der Waals surface area contributed by atoms with Gasteiger partial charge in [-0.15, -0.1) is 0 Å². The van der Waals surface area contributed by atoms with Crippen molar-refractivity contribution in [3.05, 3.63) is 35.7 Å². The Hall–Kier alpha value is -1.66. The molecule has 0 aliphatic rings. The lowest BCUT2D eigenvalue weighted by Crippen LogP contribution is -2.18. The first-order valence-electron chi connectivity index (χ1n) is 5.46. The minimum Gasteiger partial charge on any atom is -0.497 e. The van der Waals surface area contributed by atoms with Gasteiger partial charge in [-0.1, -0.05) is 0 Å². The number of rotatable bonds is 5. The Labute approximate surface area is 110 Å². The molecule has 96 valence electrons. The molecule has 18 heavy (non-hydrogen) atoms. The highest BCUT2D eigenvalue weighted by Gasteiger charge is 2.16. The zero-order chi connectivity index (χ0) is 13.0. The molecule has 0 aliphatic heterocycles. The van der Waals surface area contributed by atoms with E-state index in [2.05, 4.69) is 14.1 Å². The molecule has 0 saturated heterocycles. The van der Waals surface area contributed by atoms with Crippen molar-refractivity contribution < 1.29 is 9.47 Å². The van der Waals surface area contributed by atoms with Gasteiger partial charge in [-0.05, 0) is 24.7 Å². The minimum atomic E-state index is -0.0206. The highest BCUT2D eigenvalue weighted by molar-refractivity contribution is 6.99. The predicted octanol–water partition coefficient (Wildman–Crippen LogP) is 1.86. The van der Waals surface area contributed by atoms with E-state index >= 15 is 0 Å². The zero-order valence-corrected chi connectivity index (χ0v) is 11.3. The highest BCUT2D eigenvalue weighted by atomic mass is 32.1. The predicted molar refractivity (Wildman–Crippen MR) is 70.4 cm³/mol. The van der Waals surface area contributed by atoms with Gasteiger partial charge in [-0.3, -0.25) is 0 Å². The fourth-order valence-electron chi connectivity index (χ4n) is 1.78. The summed E-state index contributed by atoms with van der Waals surface area (Å²) < 4.78 is 18.8. The van der Waals surface area contributed by atoms with Crippen LogP contribution in [0.15, 0.2) is 24.4 Å². The van der Waals surface area contributed by atoms with Crippen LogP contribution < -0.4 is 14.8 Å². The van der Waals surface area contributed by atoms with E-state index in [1.807, 2.05) is 25.2 Å². The molecular formula is C12H15N3O2S. The van der Waals surface area contributed by atoms with Crippen LogP contribution in [0.2, 0.25) is 0 Å². The monoisotopic (exact) mass is 265 g/mol. The number of aromatic nitrogens is 2. The van der Waals surface area contributed by atoms with E-state index in [-0.39, 0.29) is 6.04 Å². The molecule has 1 heterocycles. The van der Waals surface area contributed by atoms with Gasteiger partial charge in [0.1, 0.15) is 11.5 Å². The van der Waals surface area contributed by atoms with Crippen molar-refractivity contribution in [2.24, 2.45) is 0 Å². The summed E-state index contributed by atoms with van der Waals surface area (Å²) in [5.74, 6) is 1.51. The highest BCUT2D eigenvalue weighted by Crippen LogP contribution is 2.29. The molecule has 6 heteroatoms. The van der Waals surface area contributed by atoms with Crippen molar-refractivity contribution in [3.8, 4) is 11.5 Å². The maximum atomic E-state index is 5.27. The molecule has 2 aromatic rings. The molecule has 0 aliphatic carbocycles. The van der Waals surface area contributed by atoms with Crippen LogP contribution >= 0.6 is 11.7 Å². The molecule has 0 amide bonds. The maximum Gasteiger partial charge on any atom is 0.122 e. The summed E-state index contributed by atoms with van der Waals surface area (Å²) in [6.07, 6.45) is 1.76. The average molecular weight is 265 g/mol. The van der Waals surface area contributed by atoms with E-state index in [0.29, 0.717) is 0 Å². The van der Waals surface area contributed by atoms with Gasteiger partial charge >= 0.3 is 0 Å². The van der Waals surface area contributed by atoms with Crippen molar-refractivity contribution >= 4 is 11.7 Å². The normalized spacial score (nSPS) is 12.2. The van der Waals surface area contributed by atoms with Crippen molar-refractivity contribution in [2.75, 3.05) is 21.3 Å². The Bertz CT molecular complexity index is 480.